The minimum absolute atomic E-state index is 0.0425. The van der Waals surface area contributed by atoms with E-state index in [9.17, 15) is 14.4 Å². The van der Waals surface area contributed by atoms with Crippen LogP contribution in [0.25, 0.3) is 10.2 Å². The van der Waals surface area contributed by atoms with Crippen LogP contribution in [0.5, 0.6) is 5.75 Å². The number of hydrogen-bond acceptors (Lipinski definition) is 7. The zero-order valence-corrected chi connectivity index (χ0v) is 23.6. The van der Waals surface area contributed by atoms with Crippen LogP contribution < -0.4 is 20.3 Å². The number of benzene rings is 1. The molecule has 0 unspecified atom stereocenters. The van der Waals surface area contributed by atoms with E-state index in [-0.39, 0.29) is 30.2 Å². The summed E-state index contributed by atoms with van der Waals surface area (Å²) in [6.45, 7) is 10.3. The third-order valence-electron chi connectivity index (χ3n) is 6.33. The molecule has 1 aromatic carbocycles. The fraction of sp³-hybridized carbons (Fsp3) is 0.429. The van der Waals surface area contributed by atoms with Crippen LogP contribution in [0.4, 0.5) is 26.7 Å². The summed E-state index contributed by atoms with van der Waals surface area (Å²) in [5.74, 6) is 0.410. The van der Waals surface area contributed by atoms with Crippen molar-refractivity contribution in [3.8, 4) is 5.75 Å². The molecule has 3 aromatic rings. The van der Waals surface area contributed by atoms with Gasteiger partial charge < -0.3 is 25.0 Å². The summed E-state index contributed by atoms with van der Waals surface area (Å²) in [6.07, 6.45) is 2.79. The smallest absolute Gasteiger partial charge is 0.410 e. The van der Waals surface area contributed by atoms with E-state index in [4.69, 9.17) is 9.47 Å². The molecule has 2 N–H and O–H groups in total. The zero-order valence-electron chi connectivity index (χ0n) is 22.7. The second-order valence-corrected chi connectivity index (χ2v) is 12.0. The predicted molar refractivity (Wildman–Crippen MR) is 151 cm³/mol. The lowest BCUT2D eigenvalue weighted by atomic mass is 10.1. The van der Waals surface area contributed by atoms with Crippen molar-refractivity contribution in [3.05, 3.63) is 41.4 Å². The van der Waals surface area contributed by atoms with Crippen LogP contribution in [0.1, 0.15) is 57.1 Å². The number of nitrogens with zero attached hydrogens (tertiary/aromatic N) is 3. The van der Waals surface area contributed by atoms with Gasteiger partial charge in [-0.3, -0.25) is 9.69 Å². The number of rotatable bonds is 5. The first-order valence-electron chi connectivity index (χ1n) is 13.1. The van der Waals surface area contributed by atoms with Gasteiger partial charge in [0, 0.05) is 25.3 Å². The molecule has 10 nitrogen and oxygen atoms in total. The van der Waals surface area contributed by atoms with Gasteiger partial charge in [0.15, 0.2) is 0 Å². The summed E-state index contributed by atoms with van der Waals surface area (Å²) >= 11 is 1.23. The van der Waals surface area contributed by atoms with Gasteiger partial charge in [0.05, 0.1) is 28.6 Å². The Morgan fingerprint density at radius 2 is 1.92 bits per heavy atom. The van der Waals surface area contributed by atoms with E-state index >= 15 is 0 Å². The van der Waals surface area contributed by atoms with E-state index in [1.54, 1.807) is 22.1 Å². The average Bonchev–Trinajstić information content (AvgIpc) is 3.23. The van der Waals surface area contributed by atoms with Crippen molar-refractivity contribution >= 4 is 56.6 Å². The number of anilines is 3. The first kappa shape index (κ1) is 26.7. The quantitative estimate of drug-likeness (QED) is 0.408. The summed E-state index contributed by atoms with van der Waals surface area (Å²) < 4.78 is 11.2. The molecule has 4 heterocycles. The molecule has 0 bridgehead atoms. The molecule has 2 aliphatic heterocycles. The summed E-state index contributed by atoms with van der Waals surface area (Å²) in [4.78, 5) is 48.0. The number of urea groups is 1. The Morgan fingerprint density at radius 3 is 2.62 bits per heavy atom. The van der Waals surface area contributed by atoms with E-state index in [2.05, 4.69) is 15.6 Å². The number of ether oxygens (including phenoxy) is 2. The van der Waals surface area contributed by atoms with Crippen molar-refractivity contribution in [2.75, 3.05) is 23.3 Å². The third kappa shape index (κ3) is 5.63. The lowest BCUT2D eigenvalue weighted by Crippen LogP contribution is -2.50. The number of pyridine rings is 1. The Balaban J connectivity index is 1.38. The number of carbonyl (C=O) groups is 3. The van der Waals surface area contributed by atoms with Gasteiger partial charge in [-0.1, -0.05) is 0 Å². The molecule has 39 heavy (non-hydrogen) atoms. The number of nitrogens with one attached hydrogen (secondary N) is 2. The highest BCUT2D eigenvalue weighted by Gasteiger charge is 2.34. The number of hydrogen-bond donors (Lipinski definition) is 2. The first-order chi connectivity index (χ1) is 18.5. The first-order valence-corrected chi connectivity index (χ1v) is 13.9. The molecule has 0 saturated carbocycles. The van der Waals surface area contributed by atoms with Crippen molar-refractivity contribution in [1.29, 1.82) is 0 Å². The highest BCUT2D eigenvalue weighted by Crippen LogP contribution is 2.45. The van der Waals surface area contributed by atoms with Gasteiger partial charge in [-0.25, -0.2) is 14.6 Å². The Morgan fingerprint density at radius 1 is 1.18 bits per heavy atom. The Bertz CT molecular complexity index is 1410. The van der Waals surface area contributed by atoms with E-state index < -0.39 is 5.60 Å². The monoisotopic (exact) mass is 551 g/mol. The molecule has 0 aliphatic carbocycles. The minimum Gasteiger partial charge on any atom is -0.491 e. The van der Waals surface area contributed by atoms with Gasteiger partial charge in [-0.05, 0) is 77.8 Å². The van der Waals surface area contributed by atoms with Gasteiger partial charge in [-0.2, -0.15) is 0 Å². The molecule has 2 aromatic heterocycles. The number of aromatic nitrogens is 1. The molecule has 206 valence electrons. The van der Waals surface area contributed by atoms with Crippen molar-refractivity contribution < 1.29 is 23.9 Å². The van der Waals surface area contributed by atoms with Crippen LogP contribution in [0.15, 0.2) is 36.5 Å². The number of carbonyl (C=O) groups excluding carboxylic acids is 3. The maximum Gasteiger partial charge on any atom is 0.410 e. The van der Waals surface area contributed by atoms with Gasteiger partial charge in [0.2, 0.25) is 0 Å². The molecule has 0 radical (unpaired) electrons. The van der Waals surface area contributed by atoms with Gasteiger partial charge in [-0.15, -0.1) is 11.3 Å². The molecule has 4 amide bonds. The Hall–Kier alpha value is -3.86. The fourth-order valence-electron chi connectivity index (χ4n) is 4.78. The maximum atomic E-state index is 13.4. The molecular formula is C28H33N5O5S. The van der Waals surface area contributed by atoms with Crippen LogP contribution >= 0.6 is 11.3 Å². The summed E-state index contributed by atoms with van der Waals surface area (Å²) in [7, 11) is 0. The topological polar surface area (TPSA) is 113 Å². The molecule has 5 rings (SSSR count). The lowest BCUT2D eigenvalue weighted by molar-refractivity contribution is 0.0185. The lowest BCUT2D eigenvalue weighted by Gasteiger charge is -2.34. The van der Waals surface area contributed by atoms with Crippen LogP contribution in [0.2, 0.25) is 0 Å². The second-order valence-electron chi connectivity index (χ2n) is 11.0. The minimum atomic E-state index is -0.590. The van der Waals surface area contributed by atoms with E-state index in [0.29, 0.717) is 51.0 Å². The SMILES string of the molecule is CC(C)Oc1ccc(N2C(=O)Nc3c(C(=O)N[C@@H]4CCCN(C(=O)OC(C)(C)C)C4)sc4nccc2c34)cc1. The molecule has 1 saturated heterocycles. The zero-order chi connectivity index (χ0) is 27.9. The van der Waals surface area contributed by atoms with Crippen LogP contribution in [-0.4, -0.2) is 58.8 Å². The Kier molecular flexibility index (Phi) is 7.11. The van der Waals surface area contributed by atoms with Crippen molar-refractivity contribution in [2.45, 2.75) is 65.2 Å². The molecule has 2 aliphatic rings. The number of piperidine rings is 1. The van der Waals surface area contributed by atoms with Crippen molar-refractivity contribution in [1.82, 2.24) is 15.2 Å². The van der Waals surface area contributed by atoms with Crippen molar-refractivity contribution in [3.63, 3.8) is 0 Å². The van der Waals surface area contributed by atoms with E-state index in [1.165, 1.54) is 11.3 Å². The maximum absolute atomic E-state index is 13.4. The highest BCUT2D eigenvalue weighted by atomic mass is 32.1. The Labute approximate surface area is 231 Å². The molecule has 0 spiro atoms. The number of likely N-dealkylation sites (tertiary alicyclic amines) is 1. The molecule has 1 atom stereocenters. The number of amides is 4. The van der Waals surface area contributed by atoms with Gasteiger partial charge in [0.1, 0.15) is 21.1 Å². The van der Waals surface area contributed by atoms with E-state index in [0.717, 1.165) is 12.8 Å². The van der Waals surface area contributed by atoms with Gasteiger partial charge in [0.25, 0.3) is 5.91 Å². The van der Waals surface area contributed by atoms with Crippen LogP contribution in [0, 0.1) is 0 Å². The molecule has 1 fully saturated rings. The van der Waals surface area contributed by atoms with E-state index in [1.807, 2.05) is 58.9 Å². The van der Waals surface area contributed by atoms with Crippen LogP contribution in [-0.2, 0) is 4.74 Å². The summed E-state index contributed by atoms with van der Waals surface area (Å²) in [5, 5.41) is 6.69. The molecular weight excluding hydrogens is 518 g/mol. The second kappa shape index (κ2) is 10.4. The highest BCUT2D eigenvalue weighted by molar-refractivity contribution is 7.21. The predicted octanol–water partition coefficient (Wildman–Crippen LogP) is 5.90. The average molecular weight is 552 g/mol. The van der Waals surface area contributed by atoms with Gasteiger partial charge >= 0.3 is 12.1 Å². The largest absolute Gasteiger partial charge is 0.491 e. The summed E-state index contributed by atoms with van der Waals surface area (Å²) in [6, 6.07) is 8.49. The third-order valence-corrected chi connectivity index (χ3v) is 7.42. The van der Waals surface area contributed by atoms with Crippen molar-refractivity contribution in [2.24, 2.45) is 0 Å². The fourth-order valence-corrected chi connectivity index (χ4v) is 5.81. The molecule has 11 heteroatoms. The number of thiophene rings is 1. The normalized spacial score (nSPS) is 17.3. The summed E-state index contributed by atoms with van der Waals surface area (Å²) in [5.41, 5.74) is 1.19. The van der Waals surface area contributed by atoms with Crippen LogP contribution in [0.3, 0.4) is 0 Å². The standard InChI is InChI=1S/C28H33N5O5S/c1-16(2)37-19-10-8-18(9-11-19)33-20-12-13-29-25-21(20)22(31-26(33)35)23(39-25)24(34)30-17-7-6-14-32(15-17)27(36)38-28(3,4)5/h8-13,16-17H,6-7,14-15H2,1-5H3,(H,30,34)(H,31,35)/t17-/m1/s1.